The average Bonchev–Trinajstić information content (AvgIpc) is 2.59. The minimum absolute atomic E-state index is 1.10. The first-order valence-corrected chi connectivity index (χ1v) is 3.93. The van der Waals surface area contributed by atoms with Gasteiger partial charge < -0.3 is 4.98 Å². The van der Waals surface area contributed by atoms with Crippen molar-refractivity contribution in [2.45, 2.75) is 13.8 Å². The van der Waals surface area contributed by atoms with Gasteiger partial charge in [0.15, 0.2) is 0 Å². The topological polar surface area (TPSA) is 44.5 Å². The number of aromatic nitrogens is 3. The molecule has 0 aliphatic rings. The Balaban J connectivity index is 2.57. The summed E-state index contributed by atoms with van der Waals surface area (Å²) in [5.41, 5.74) is 4.65. The molecule has 0 saturated heterocycles. The molecular weight excluding hydrogens is 150 g/mol. The number of hydrogen-bond donors (Lipinski definition) is 2. The Labute approximate surface area is 70.8 Å². The molecule has 3 nitrogen and oxygen atoms in total. The molecule has 0 aliphatic heterocycles. The van der Waals surface area contributed by atoms with Crippen molar-refractivity contribution < 1.29 is 0 Å². The highest BCUT2D eigenvalue weighted by atomic mass is 15.1. The molecule has 0 fully saturated rings. The van der Waals surface area contributed by atoms with Gasteiger partial charge in [0.2, 0.25) is 0 Å². The van der Waals surface area contributed by atoms with Gasteiger partial charge >= 0.3 is 0 Å². The third kappa shape index (κ3) is 0.942. The maximum absolute atomic E-state index is 3.97. The molecule has 0 spiro atoms. The molecule has 0 bridgehead atoms. The molecule has 0 atom stereocenters. The summed E-state index contributed by atoms with van der Waals surface area (Å²) in [5, 5.41) is 6.89. The van der Waals surface area contributed by atoms with Crippen LogP contribution in [0.3, 0.4) is 0 Å². The Hall–Kier alpha value is -1.51. The van der Waals surface area contributed by atoms with Crippen LogP contribution in [-0.2, 0) is 0 Å². The van der Waals surface area contributed by atoms with Gasteiger partial charge in [-0.2, -0.15) is 5.10 Å². The first-order chi connectivity index (χ1) is 5.79. The van der Waals surface area contributed by atoms with Crippen LogP contribution in [0.5, 0.6) is 0 Å². The molecule has 2 N–H and O–H groups in total. The van der Waals surface area contributed by atoms with E-state index in [0.29, 0.717) is 0 Å². The van der Waals surface area contributed by atoms with Gasteiger partial charge in [0.1, 0.15) is 0 Å². The predicted octanol–water partition coefficient (Wildman–Crippen LogP) is 2.02. The summed E-state index contributed by atoms with van der Waals surface area (Å²) >= 11 is 0. The summed E-state index contributed by atoms with van der Waals surface area (Å²) in [6.07, 6.45) is 3.78. The van der Waals surface area contributed by atoms with E-state index in [1.807, 2.05) is 19.3 Å². The molecule has 2 aromatic rings. The monoisotopic (exact) mass is 161 g/mol. The number of H-pyrrole nitrogens is 2. The first-order valence-electron chi connectivity index (χ1n) is 3.93. The molecule has 12 heavy (non-hydrogen) atoms. The normalized spacial score (nSPS) is 10.5. The van der Waals surface area contributed by atoms with E-state index in [2.05, 4.69) is 28.2 Å². The van der Waals surface area contributed by atoms with Crippen molar-refractivity contribution >= 4 is 0 Å². The fourth-order valence-electron chi connectivity index (χ4n) is 1.34. The molecule has 2 aromatic heterocycles. The lowest BCUT2D eigenvalue weighted by atomic mass is 10.1. The fourth-order valence-corrected chi connectivity index (χ4v) is 1.34. The summed E-state index contributed by atoms with van der Waals surface area (Å²) < 4.78 is 0. The maximum atomic E-state index is 3.97. The molecule has 2 heterocycles. The summed E-state index contributed by atoms with van der Waals surface area (Å²) in [4.78, 5) is 3.19. The quantitative estimate of drug-likeness (QED) is 0.660. The van der Waals surface area contributed by atoms with Gasteiger partial charge in [0.25, 0.3) is 0 Å². The van der Waals surface area contributed by atoms with Gasteiger partial charge in [-0.05, 0) is 25.5 Å². The number of nitrogens with zero attached hydrogens (tertiary/aromatic N) is 1. The highest BCUT2D eigenvalue weighted by molar-refractivity contribution is 5.64. The number of rotatable bonds is 1. The van der Waals surface area contributed by atoms with Crippen molar-refractivity contribution in [3.05, 3.63) is 29.7 Å². The second kappa shape index (κ2) is 2.52. The standard InChI is InChI=1S/C9H11N3/c1-6-3-4-10-9(6)8-5-11-12-7(8)2/h3-5,10H,1-2H3,(H,11,12). The summed E-state index contributed by atoms with van der Waals surface area (Å²) in [6, 6.07) is 2.06. The molecule has 0 unspecified atom stereocenters. The Morgan fingerprint density at radius 3 is 2.67 bits per heavy atom. The van der Waals surface area contributed by atoms with Crippen LogP contribution in [0.1, 0.15) is 11.3 Å². The van der Waals surface area contributed by atoms with Gasteiger partial charge in [0.05, 0.1) is 11.9 Å². The Bertz CT molecular complexity index is 346. The van der Waals surface area contributed by atoms with Gasteiger partial charge in [-0.15, -0.1) is 0 Å². The molecule has 62 valence electrons. The summed E-state index contributed by atoms with van der Waals surface area (Å²) in [6.45, 7) is 4.10. The SMILES string of the molecule is Cc1cc[nH]c1-c1cn[nH]c1C. The second-order valence-corrected chi connectivity index (χ2v) is 2.94. The average molecular weight is 161 g/mol. The van der Waals surface area contributed by atoms with E-state index in [0.717, 1.165) is 17.0 Å². The molecule has 0 radical (unpaired) electrons. The second-order valence-electron chi connectivity index (χ2n) is 2.94. The molecular formula is C9H11N3. The van der Waals surface area contributed by atoms with E-state index in [1.165, 1.54) is 5.56 Å². The van der Waals surface area contributed by atoms with E-state index < -0.39 is 0 Å². The van der Waals surface area contributed by atoms with Crippen molar-refractivity contribution in [3.63, 3.8) is 0 Å². The van der Waals surface area contributed by atoms with Crippen LogP contribution in [0.2, 0.25) is 0 Å². The zero-order valence-corrected chi connectivity index (χ0v) is 7.18. The third-order valence-corrected chi connectivity index (χ3v) is 2.05. The van der Waals surface area contributed by atoms with Crippen LogP contribution in [0, 0.1) is 13.8 Å². The maximum Gasteiger partial charge on any atom is 0.0583 e. The zero-order valence-electron chi connectivity index (χ0n) is 7.18. The van der Waals surface area contributed by atoms with E-state index in [1.54, 1.807) is 0 Å². The van der Waals surface area contributed by atoms with Crippen molar-refractivity contribution in [2.24, 2.45) is 0 Å². The fraction of sp³-hybridized carbons (Fsp3) is 0.222. The first kappa shape index (κ1) is 7.16. The third-order valence-electron chi connectivity index (χ3n) is 2.05. The van der Waals surface area contributed by atoms with Crippen LogP contribution in [-0.4, -0.2) is 15.2 Å². The van der Waals surface area contributed by atoms with Crippen molar-refractivity contribution in [3.8, 4) is 11.3 Å². The molecule has 0 aliphatic carbocycles. The minimum Gasteiger partial charge on any atom is -0.361 e. The number of aryl methyl sites for hydroxylation is 2. The van der Waals surface area contributed by atoms with Crippen molar-refractivity contribution in [2.75, 3.05) is 0 Å². The predicted molar refractivity (Wildman–Crippen MR) is 47.8 cm³/mol. The largest absolute Gasteiger partial charge is 0.361 e. The van der Waals surface area contributed by atoms with Crippen LogP contribution in [0.25, 0.3) is 11.3 Å². The Morgan fingerprint density at radius 2 is 2.17 bits per heavy atom. The van der Waals surface area contributed by atoms with Gasteiger partial charge in [-0.1, -0.05) is 0 Å². The van der Waals surface area contributed by atoms with E-state index in [-0.39, 0.29) is 0 Å². The van der Waals surface area contributed by atoms with Crippen molar-refractivity contribution in [1.29, 1.82) is 0 Å². The van der Waals surface area contributed by atoms with Gasteiger partial charge in [0, 0.05) is 17.5 Å². The molecule has 2 rings (SSSR count). The smallest absolute Gasteiger partial charge is 0.0583 e. The number of aromatic amines is 2. The van der Waals surface area contributed by atoms with E-state index in [4.69, 9.17) is 0 Å². The van der Waals surface area contributed by atoms with E-state index >= 15 is 0 Å². The van der Waals surface area contributed by atoms with Gasteiger partial charge in [-0.25, -0.2) is 0 Å². The molecule has 3 heteroatoms. The Morgan fingerprint density at radius 1 is 1.33 bits per heavy atom. The van der Waals surface area contributed by atoms with Gasteiger partial charge in [-0.3, -0.25) is 5.10 Å². The lowest BCUT2D eigenvalue weighted by Gasteiger charge is -1.96. The van der Waals surface area contributed by atoms with Crippen LogP contribution in [0.15, 0.2) is 18.5 Å². The zero-order chi connectivity index (χ0) is 8.55. The van der Waals surface area contributed by atoms with Crippen LogP contribution >= 0.6 is 0 Å². The van der Waals surface area contributed by atoms with Crippen LogP contribution in [0.4, 0.5) is 0 Å². The summed E-state index contributed by atoms with van der Waals surface area (Å²) in [7, 11) is 0. The van der Waals surface area contributed by atoms with E-state index in [9.17, 15) is 0 Å². The molecule has 0 aromatic carbocycles. The highest BCUT2D eigenvalue weighted by Crippen LogP contribution is 2.22. The molecule has 0 amide bonds. The minimum atomic E-state index is 1.10. The highest BCUT2D eigenvalue weighted by Gasteiger charge is 2.06. The van der Waals surface area contributed by atoms with Crippen molar-refractivity contribution in [1.82, 2.24) is 15.2 Å². The number of hydrogen-bond acceptors (Lipinski definition) is 1. The van der Waals surface area contributed by atoms with Crippen LogP contribution < -0.4 is 0 Å². The lowest BCUT2D eigenvalue weighted by molar-refractivity contribution is 1.05. The Kier molecular flexibility index (Phi) is 1.50. The molecule has 0 saturated carbocycles. The summed E-state index contributed by atoms with van der Waals surface area (Å²) in [5.74, 6) is 0. The lowest BCUT2D eigenvalue weighted by Crippen LogP contribution is -1.80. The number of nitrogens with one attached hydrogen (secondary N) is 2.